The van der Waals surface area contributed by atoms with Gasteiger partial charge in [-0.25, -0.2) is 0 Å². The van der Waals surface area contributed by atoms with Gasteiger partial charge in [0.05, 0.1) is 12.2 Å². The summed E-state index contributed by atoms with van der Waals surface area (Å²) < 4.78 is 12.0. The van der Waals surface area contributed by atoms with E-state index in [1.54, 1.807) is 6.07 Å². The first-order valence-electron chi connectivity index (χ1n) is 8.95. The molecule has 0 aliphatic rings. The summed E-state index contributed by atoms with van der Waals surface area (Å²) in [7, 11) is 0. The van der Waals surface area contributed by atoms with Crippen LogP contribution in [0.15, 0.2) is 53.0 Å². The number of ether oxygens (including phenoxy) is 2. The average Bonchev–Trinajstić information content (AvgIpc) is 2.65. The van der Waals surface area contributed by atoms with Gasteiger partial charge in [0.15, 0.2) is 0 Å². The summed E-state index contributed by atoms with van der Waals surface area (Å²) in [6.45, 7) is 5.56. The van der Waals surface area contributed by atoms with Gasteiger partial charge in [-0.15, -0.1) is 0 Å². The van der Waals surface area contributed by atoms with Crippen LogP contribution in [0.2, 0.25) is 0 Å². The quantitative estimate of drug-likeness (QED) is 0.571. The van der Waals surface area contributed by atoms with E-state index in [1.165, 1.54) is 5.56 Å². The van der Waals surface area contributed by atoms with Crippen molar-refractivity contribution in [1.29, 1.82) is 0 Å². The molecule has 0 aliphatic carbocycles. The molecule has 140 valence electrons. The second-order valence-electron chi connectivity index (χ2n) is 6.08. The molecule has 0 fully saturated rings. The summed E-state index contributed by atoms with van der Waals surface area (Å²) in [5.74, 6) is 0.477. The van der Waals surface area contributed by atoms with Crippen LogP contribution in [0.5, 0.6) is 5.75 Å². The molecule has 0 aliphatic heterocycles. The third-order valence-corrected chi connectivity index (χ3v) is 4.51. The second kappa shape index (κ2) is 11.0. The number of hydrogen-bond donors (Lipinski definition) is 1. The molecule has 0 radical (unpaired) electrons. The number of carbonyl (C=O) groups is 1. The fourth-order valence-corrected chi connectivity index (χ4v) is 2.81. The highest BCUT2D eigenvalue weighted by molar-refractivity contribution is 9.10. The Morgan fingerprint density at radius 2 is 1.85 bits per heavy atom. The van der Waals surface area contributed by atoms with Gasteiger partial charge in [0, 0.05) is 17.1 Å². The molecule has 0 saturated heterocycles. The zero-order valence-electron chi connectivity index (χ0n) is 15.3. The molecule has 1 amide bonds. The van der Waals surface area contributed by atoms with Crippen molar-refractivity contribution < 1.29 is 14.3 Å². The number of benzene rings is 2. The van der Waals surface area contributed by atoms with E-state index in [-0.39, 0.29) is 11.9 Å². The smallest absolute Gasteiger partial charge is 0.255 e. The zero-order valence-corrected chi connectivity index (χ0v) is 16.9. The Balaban J connectivity index is 1.86. The van der Waals surface area contributed by atoms with E-state index in [0.717, 1.165) is 17.3 Å². The molecule has 2 aromatic carbocycles. The molecular weight excluding hydrogens is 394 g/mol. The minimum absolute atomic E-state index is 0.0719. The molecule has 0 heterocycles. The molecule has 5 heteroatoms. The first-order chi connectivity index (χ1) is 12.6. The minimum Gasteiger partial charge on any atom is -0.490 e. The number of amides is 1. The summed E-state index contributed by atoms with van der Waals surface area (Å²) in [5, 5.41) is 3.06. The summed E-state index contributed by atoms with van der Waals surface area (Å²) in [4.78, 5) is 12.6. The fraction of sp³-hybridized carbons (Fsp3) is 0.381. The van der Waals surface area contributed by atoms with Gasteiger partial charge in [0.25, 0.3) is 5.91 Å². The van der Waals surface area contributed by atoms with E-state index in [0.29, 0.717) is 31.1 Å². The predicted octanol–water partition coefficient (Wildman–Crippen LogP) is 4.62. The Morgan fingerprint density at radius 1 is 1.12 bits per heavy atom. The van der Waals surface area contributed by atoms with Crippen molar-refractivity contribution >= 4 is 21.8 Å². The van der Waals surface area contributed by atoms with Crippen LogP contribution in [0.25, 0.3) is 0 Å². The van der Waals surface area contributed by atoms with Crippen LogP contribution >= 0.6 is 15.9 Å². The van der Waals surface area contributed by atoms with Crippen molar-refractivity contribution in [2.75, 3.05) is 19.8 Å². The van der Waals surface area contributed by atoms with E-state index in [1.807, 2.05) is 44.2 Å². The Kier molecular flexibility index (Phi) is 8.65. The van der Waals surface area contributed by atoms with E-state index in [4.69, 9.17) is 9.47 Å². The molecule has 2 aromatic rings. The molecule has 1 atom stereocenters. The van der Waals surface area contributed by atoms with Gasteiger partial charge < -0.3 is 14.8 Å². The molecule has 4 nitrogen and oxygen atoms in total. The van der Waals surface area contributed by atoms with Crippen molar-refractivity contribution in [3.8, 4) is 5.75 Å². The van der Waals surface area contributed by atoms with Crippen LogP contribution in [-0.4, -0.2) is 31.8 Å². The molecule has 1 unspecified atom stereocenters. The molecule has 0 spiro atoms. The molecule has 2 rings (SSSR count). The topological polar surface area (TPSA) is 47.6 Å². The minimum atomic E-state index is -0.111. The normalized spacial score (nSPS) is 11.8. The Hall–Kier alpha value is -1.85. The van der Waals surface area contributed by atoms with E-state index in [2.05, 4.69) is 33.4 Å². The summed E-state index contributed by atoms with van der Waals surface area (Å²) in [6, 6.07) is 15.6. The number of carbonyl (C=O) groups excluding carboxylic acids is 1. The summed E-state index contributed by atoms with van der Waals surface area (Å²) in [6.07, 6.45) is 1.79. The maximum Gasteiger partial charge on any atom is 0.255 e. The highest BCUT2D eigenvalue weighted by Gasteiger charge is 2.14. The van der Waals surface area contributed by atoms with E-state index >= 15 is 0 Å². The van der Waals surface area contributed by atoms with Gasteiger partial charge in [-0.2, -0.15) is 0 Å². The highest BCUT2D eigenvalue weighted by Crippen LogP contribution is 2.18. The molecule has 0 aromatic heterocycles. The standard InChI is InChI=1S/C21H26BrNO3/c1-3-25-14-15-26-20-7-5-4-6-19(20)21(24)23-16(2)8-9-17-10-12-18(22)13-11-17/h4-7,10-13,16H,3,8-9,14-15H2,1-2H3,(H,23,24). The van der Waals surface area contributed by atoms with Crippen LogP contribution in [0.3, 0.4) is 0 Å². The molecule has 26 heavy (non-hydrogen) atoms. The van der Waals surface area contributed by atoms with Gasteiger partial charge in [0.2, 0.25) is 0 Å². The fourth-order valence-electron chi connectivity index (χ4n) is 2.54. The SMILES string of the molecule is CCOCCOc1ccccc1C(=O)NC(C)CCc1ccc(Br)cc1. The first-order valence-corrected chi connectivity index (χ1v) is 9.74. The Labute approximate surface area is 164 Å². The third-order valence-electron chi connectivity index (χ3n) is 3.98. The van der Waals surface area contributed by atoms with Crippen LogP contribution in [0, 0.1) is 0 Å². The second-order valence-corrected chi connectivity index (χ2v) is 7.00. The van der Waals surface area contributed by atoms with E-state index in [9.17, 15) is 4.79 Å². The molecule has 0 saturated carbocycles. The van der Waals surface area contributed by atoms with Crippen LogP contribution in [0.1, 0.15) is 36.2 Å². The van der Waals surface area contributed by atoms with Crippen molar-refractivity contribution in [3.63, 3.8) is 0 Å². The number of nitrogens with one attached hydrogen (secondary N) is 1. The lowest BCUT2D eigenvalue weighted by Crippen LogP contribution is -2.33. The van der Waals surface area contributed by atoms with E-state index < -0.39 is 0 Å². The number of rotatable bonds is 10. The largest absolute Gasteiger partial charge is 0.490 e. The van der Waals surface area contributed by atoms with Gasteiger partial charge in [-0.3, -0.25) is 4.79 Å². The monoisotopic (exact) mass is 419 g/mol. The maximum absolute atomic E-state index is 12.6. The van der Waals surface area contributed by atoms with Crippen molar-refractivity contribution in [3.05, 3.63) is 64.1 Å². The average molecular weight is 420 g/mol. The number of hydrogen-bond acceptors (Lipinski definition) is 3. The third kappa shape index (κ3) is 6.81. The summed E-state index contributed by atoms with van der Waals surface area (Å²) in [5.41, 5.74) is 1.81. The highest BCUT2D eigenvalue weighted by atomic mass is 79.9. The van der Waals surface area contributed by atoms with Crippen LogP contribution in [-0.2, 0) is 11.2 Å². The number of halogens is 1. The molecular formula is C21H26BrNO3. The Morgan fingerprint density at radius 3 is 2.58 bits per heavy atom. The lowest BCUT2D eigenvalue weighted by Gasteiger charge is -2.16. The van der Waals surface area contributed by atoms with Crippen LogP contribution < -0.4 is 10.1 Å². The maximum atomic E-state index is 12.6. The first kappa shape index (κ1) is 20.5. The number of para-hydroxylation sites is 1. The van der Waals surface area contributed by atoms with Gasteiger partial charge in [-0.1, -0.05) is 40.2 Å². The van der Waals surface area contributed by atoms with Crippen molar-refractivity contribution in [2.24, 2.45) is 0 Å². The zero-order chi connectivity index (χ0) is 18.8. The predicted molar refractivity (Wildman–Crippen MR) is 108 cm³/mol. The number of aryl methyl sites for hydroxylation is 1. The van der Waals surface area contributed by atoms with Crippen molar-refractivity contribution in [2.45, 2.75) is 32.7 Å². The van der Waals surface area contributed by atoms with Crippen molar-refractivity contribution in [1.82, 2.24) is 5.32 Å². The van der Waals surface area contributed by atoms with Crippen LogP contribution in [0.4, 0.5) is 0 Å². The summed E-state index contributed by atoms with van der Waals surface area (Å²) >= 11 is 3.44. The van der Waals surface area contributed by atoms with Gasteiger partial charge in [0.1, 0.15) is 12.4 Å². The lowest BCUT2D eigenvalue weighted by molar-refractivity contribution is 0.0922. The lowest BCUT2D eigenvalue weighted by atomic mass is 10.1. The van der Waals surface area contributed by atoms with Gasteiger partial charge >= 0.3 is 0 Å². The Bertz CT molecular complexity index is 688. The molecule has 0 bridgehead atoms. The molecule has 1 N–H and O–H groups in total. The van der Waals surface area contributed by atoms with Gasteiger partial charge in [-0.05, 0) is 56.5 Å².